The fraction of sp³-hybridized carbons (Fsp3) is 0.600. The van der Waals surface area contributed by atoms with E-state index in [4.69, 9.17) is 24.8 Å². The predicted molar refractivity (Wildman–Crippen MR) is 55.5 cm³/mol. The van der Waals surface area contributed by atoms with Gasteiger partial charge in [-0.25, -0.2) is 0 Å². The minimum Gasteiger partial charge on any atom is -0.462 e. The van der Waals surface area contributed by atoms with Crippen LogP contribution in [0.15, 0.2) is 16.5 Å². The van der Waals surface area contributed by atoms with Crippen LogP contribution >= 0.6 is 0 Å². The van der Waals surface area contributed by atoms with Gasteiger partial charge in [0.15, 0.2) is 0 Å². The average molecular weight is 231 g/mol. The molecule has 0 spiro atoms. The molecule has 6 heteroatoms. The van der Waals surface area contributed by atoms with Crippen LogP contribution in [-0.4, -0.2) is 45.8 Å². The Bertz CT molecular complexity index is 300. The standard InChI is InChI=1S/C10H17NO5/c12-4-9-2-1-8(16-9)3-11-10(5-13,6-14)7-15/h1-2,11-15H,3-7H2. The Hall–Kier alpha value is -0.920. The van der Waals surface area contributed by atoms with Gasteiger partial charge in [-0.1, -0.05) is 0 Å². The van der Waals surface area contributed by atoms with E-state index in [1.807, 2.05) is 0 Å². The second kappa shape index (κ2) is 5.97. The van der Waals surface area contributed by atoms with E-state index < -0.39 is 5.54 Å². The second-order valence-corrected chi connectivity index (χ2v) is 3.63. The van der Waals surface area contributed by atoms with Crippen LogP contribution < -0.4 is 5.32 Å². The number of hydrogen-bond donors (Lipinski definition) is 5. The Kier molecular flexibility index (Phi) is 4.91. The van der Waals surface area contributed by atoms with Crippen molar-refractivity contribution >= 4 is 0 Å². The third kappa shape index (κ3) is 3.03. The van der Waals surface area contributed by atoms with Crippen molar-refractivity contribution in [2.45, 2.75) is 18.7 Å². The number of aliphatic hydroxyl groups is 4. The third-order valence-electron chi connectivity index (χ3n) is 2.42. The van der Waals surface area contributed by atoms with Crippen molar-refractivity contribution < 1.29 is 24.8 Å². The van der Waals surface area contributed by atoms with E-state index in [1.165, 1.54) is 0 Å². The maximum atomic E-state index is 9.05. The van der Waals surface area contributed by atoms with Crippen LogP contribution in [0.1, 0.15) is 11.5 Å². The summed E-state index contributed by atoms with van der Waals surface area (Å²) in [6.45, 7) is -1.07. The lowest BCUT2D eigenvalue weighted by Gasteiger charge is -2.28. The molecule has 0 saturated heterocycles. The fourth-order valence-corrected chi connectivity index (χ4v) is 1.19. The predicted octanol–water partition coefficient (Wildman–Crippen LogP) is -1.42. The lowest BCUT2D eigenvalue weighted by atomic mass is 10.0. The monoisotopic (exact) mass is 231 g/mol. The highest BCUT2D eigenvalue weighted by Crippen LogP contribution is 2.09. The third-order valence-corrected chi connectivity index (χ3v) is 2.42. The van der Waals surface area contributed by atoms with Crippen LogP contribution in [0.5, 0.6) is 0 Å². The van der Waals surface area contributed by atoms with Gasteiger partial charge in [-0.3, -0.25) is 5.32 Å². The largest absolute Gasteiger partial charge is 0.462 e. The summed E-state index contributed by atoms with van der Waals surface area (Å²) in [5.74, 6) is 1.00. The zero-order valence-electron chi connectivity index (χ0n) is 8.89. The molecule has 1 heterocycles. The Morgan fingerprint density at radius 1 is 1.00 bits per heavy atom. The first-order valence-corrected chi connectivity index (χ1v) is 4.96. The molecule has 0 amide bonds. The molecule has 0 unspecified atom stereocenters. The topological polar surface area (TPSA) is 106 Å². The van der Waals surface area contributed by atoms with Gasteiger partial charge in [0.2, 0.25) is 0 Å². The van der Waals surface area contributed by atoms with Crippen LogP contribution in [0.3, 0.4) is 0 Å². The molecule has 0 fully saturated rings. The number of furan rings is 1. The highest BCUT2D eigenvalue weighted by molar-refractivity contribution is 5.06. The number of hydrogen-bond acceptors (Lipinski definition) is 6. The van der Waals surface area contributed by atoms with Gasteiger partial charge >= 0.3 is 0 Å². The van der Waals surface area contributed by atoms with E-state index in [0.29, 0.717) is 11.5 Å². The second-order valence-electron chi connectivity index (χ2n) is 3.63. The normalized spacial score (nSPS) is 12.0. The molecule has 0 aromatic carbocycles. The van der Waals surface area contributed by atoms with Crippen molar-refractivity contribution in [3.05, 3.63) is 23.7 Å². The first kappa shape index (κ1) is 13.1. The molecule has 6 nitrogen and oxygen atoms in total. The van der Waals surface area contributed by atoms with Crippen LogP contribution in [-0.2, 0) is 13.2 Å². The lowest BCUT2D eigenvalue weighted by Crippen LogP contribution is -2.54. The Morgan fingerprint density at radius 2 is 1.56 bits per heavy atom. The van der Waals surface area contributed by atoms with Crippen molar-refractivity contribution in [3.63, 3.8) is 0 Å². The van der Waals surface area contributed by atoms with E-state index in [2.05, 4.69) is 5.32 Å². The van der Waals surface area contributed by atoms with Gasteiger partial charge in [-0.15, -0.1) is 0 Å². The van der Waals surface area contributed by atoms with Crippen molar-refractivity contribution in [1.82, 2.24) is 5.32 Å². The van der Waals surface area contributed by atoms with E-state index in [-0.39, 0.29) is 33.0 Å². The summed E-state index contributed by atoms with van der Waals surface area (Å²) in [6.07, 6.45) is 0. The molecule has 0 aliphatic heterocycles. The van der Waals surface area contributed by atoms with E-state index in [0.717, 1.165) is 0 Å². The molecule has 0 saturated carbocycles. The molecule has 0 atom stereocenters. The van der Waals surface area contributed by atoms with Gasteiger partial charge in [0, 0.05) is 0 Å². The Labute approximate surface area is 93.1 Å². The van der Waals surface area contributed by atoms with E-state index >= 15 is 0 Å². The molecular weight excluding hydrogens is 214 g/mol. The summed E-state index contributed by atoms with van der Waals surface area (Å²) in [5.41, 5.74) is -1.12. The van der Waals surface area contributed by atoms with Crippen LogP contribution in [0.25, 0.3) is 0 Å². The first-order valence-electron chi connectivity index (χ1n) is 4.96. The van der Waals surface area contributed by atoms with Crippen LogP contribution in [0.2, 0.25) is 0 Å². The SMILES string of the molecule is OCc1ccc(CNC(CO)(CO)CO)o1. The molecule has 0 aliphatic rings. The fourth-order valence-electron chi connectivity index (χ4n) is 1.19. The quantitative estimate of drug-likeness (QED) is 0.394. The van der Waals surface area contributed by atoms with Crippen molar-refractivity contribution in [3.8, 4) is 0 Å². The van der Waals surface area contributed by atoms with Crippen LogP contribution in [0, 0.1) is 0 Å². The smallest absolute Gasteiger partial charge is 0.129 e. The first-order chi connectivity index (χ1) is 7.69. The summed E-state index contributed by atoms with van der Waals surface area (Å²) < 4.78 is 5.20. The summed E-state index contributed by atoms with van der Waals surface area (Å²) in [5, 5.41) is 38.8. The molecule has 1 aromatic rings. The van der Waals surface area contributed by atoms with Crippen LogP contribution in [0.4, 0.5) is 0 Å². The van der Waals surface area contributed by atoms with Gasteiger partial charge in [0.1, 0.15) is 18.1 Å². The lowest BCUT2D eigenvalue weighted by molar-refractivity contribution is 0.0400. The molecule has 92 valence electrons. The molecule has 5 N–H and O–H groups in total. The Balaban J connectivity index is 2.55. The van der Waals surface area contributed by atoms with E-state index in [1.54, 1.807) is 12.1 Å². The summed E-state index contributed by atoms with van der Waals surface area (Å²) in [6, 6.07) is 3.31. The summed E-state index contributed by atoms with van der Waals surface area (Å²) in [7, 11) is 0. The number of rotatable bonds is 7. The molecule has 1 aromatic heterocycles. The molecule has 0 radical (unpaired) electrons. The Morgan fingerprint density at radius 3 is 2.00 bits per heavy atom. The highest BCUT2D eigenvalue weighted by Gasteiger charge is 2.27. The summed E-state index contributed by atoms with van der Waals surface area (Å²) in [4.78, 5) is 0. The summed E-state index contributed by atoms with van der Waals surface area (Å²) >= 11 is 0. The molecule has 16 heavy (non-hydrogen) atoms. The average Bonchev–Trinajstić information content (AvgIpc) is 2.80. The minimum absolute atomic E-state index is 0.175. The molecular formula is C10H17NO5. The van der Waals surface area contributed by atoms with Gasteiger partial charge in [0.05, 0.1) is 31.9 Å². The van der Waals surface area contributed by atoms with E-state index in [9.17, 15) is 0 Å². The minimum atomic E-state index is -1.12. The maximum Gasteiger partial charge on any atom is 0.129 e. The molecule has 1 rings (SSSR count). The van der Waals surface area contributed by atoms with Gasteiger partial charge < -0.3 is 24.8 Å². The molecule has 0 bridgehead atoms. The van der Waals surface area contributed by atoms with Crippen molar-refractivity contribution in [2.75, 3.05) is 19.8 Å². The zero-order valence-corrected chi connectivity index (χ0v) is 8.89. The van der Waals surface area contributed by atoms with Gasteiger partial charge in [-0.05, 0) is 12.1 Å². The number of nitrogens with one attached hydrogen (secondary N) is 1. The van der Waals surface area contributed by atoms with Gasteiger partial charge in [-0.2, -0.15) is 0 Å². The highest BCUT2D eigenvalue weighted by atomic mass is 16.4. The maximum absolute atomic E-state index is 9.05. The zero-order chi connectivity index (χ0) is 12.0. The van der Waals surface area contributed by atoms with Crippen molar-refractivity contribution in [1.29, 1.82) is 0 Å². The number of aliphatic hydroxyl groups excluding tert-OH is 4. The molecule has 0 aliphatic carbocycles. The van der Waals surface area contributed by atoms with Gasteiger partial charge in [0.25, 0.3) is 0 Å². The van der Waals surface area contributed by atoms with Crippen molar-refractivity contribution in [2.24, 2.45) is 0 Å².